The Bertz CT molecular complexity index is 1100. The van der Waals surface area contributed by atoms with Gasteiger partial charge in [-0.1, -0.05) is 37.3 Å². The van der Waals surface area contributed by atoms with Gasteiger partial charge in [0.15, 0.2) is 5.69 Å². The molecule has 0 radical (unpaired) electrons. The molecule has 1 fully saturated rings. The summed E-state index contributed by atoms with van der Waals surface area (Å²) < 4.78 is 6.93. The zero-order valence-electron chi connectivity index (χ0n) is 18.1. The number of anilines is 2. The number of nitrogens with one attached hydrogen (secondary N) is 2. The third-order valence-electron chi connectivity index (χ3n) is 5.68. The van der Waals surface area contributed by atoms with E-state index in [2.05, 4.69) is 29.5 Å². The van der Waals surface area contributed by atoms with E-state index in [1.807, 2.05) is 41.0 Å². The minimum absolute atomic E-state index is 0.00685. The van der Waals surface area contributed by atoms with Crippen molar-refractivity contribution in [3.63, 3.8) is 0 Å². The maximum atomic E-state index is 12.9. The highest BCUT2D eigenvalue weighted by Gasteiger charge is 2.33. The first-order valence-electron chi connectivity index (χ1n) is 10.7. The summed E-state index contributed by atoms with van der Waals surface area (Å²) in [5, 5.41) is 7.14. The smallest absolute Gasteiger partial charge is 0.356 e. The molecule has 4 rings (SSSR count). The maximum Gasteiger partial charge on any atom is 0.356 e. The Morgan fingerprint density at radius 1 is 1.26 bits per heavy atom. The van der Waals surface area contributed by atoms with E-state index in [-0.39, 0.29) is 17.9 Å². The Hall–Kier alpha value is -3.35. The lowest BCUT2D eigenvalue weighted by Gasteiger charge is -2.13. The van der Waals surface area contributed by atoms with Crippen molar-refractivity contribution in [3.05, 3.63) is 53.9 Å². The van der Waals surface area contributed by atoms with Crippen molar-refractivity contribution in [1.29, 1.82) is 0 Å². The van der Waals surface area contributed by atoms with Crippen LogP contribution in [0.3, 0.4) is 0 Å². The Balaban J connectivity index is 1.88. The summed E-state index contributed by atoms with van der Waals surface area (Å²) in [7, 11) is 1.35. The van der Waals surface area contributed by atoms with Crippen molar-refractivity contribution >= 4 is 34.3 Å². The lowest BCUT2D eigenvalue weighted by molar-refractivity contribution is -0.117. The van der Waals surface area contributed by atoms with Crippen LogP contribution in [0.1, 0.15) is 49.2 Å². The number of fused-ring (bicyclic) bond motifs is 1. The van der Waals surface area contributed by atoms with Gasteiger partial charge in [-0.05, 0) is 37.8 Å². The highest BCUT2D eigenvalue weighted by atomic mass is 16.5. The molecule has 0 bridgehead atoms. The number of benzene rings is 1. The van der Waals surface area contributed by atoms with E-state index in [1.54, 1.807) is 6.20 Å². The topological polar surface area (TPSA) is 85.2 Å². The zero-order valence-corrected chi connectivity index (χ0v) is 18.1. The summed E-state index contributed by atoms with van der Waals surface area (Å²) in [5.41, 5.74) is 3.27. The highest BCUT2D eigenvalue weighted by Crippen LogP contribution is 2.36. The van der Waals surface area contributed by atoms with E-state index in [4.69, 9.17) is 4.74 Å². The number of carbonyl (C=O) groups is 2. The Morgan fingerprint density at radius 2 is 2.00 bits per heavy atom. The van der Waals surface area contributed by atoms with Crippen molar-refractivity contribution in [2.45, 2.75) is 45.7 Å². The number of carbonyl (C=O) groups excluding carboxylic acids is 2. The standard InChI is InChI=1S/C24H28N4O3/c1-4-15(2)26-18-12-19-20(27-23(29)17-10-11-17)21(24(30)31-3)28(22(19)25-13-18)14-16-8-6-5-7-9-16/h5-9,12-13,15,17,26H,4,10-11,14H2,1-3H3,(H,27,29)/t15-/m1/s1. The van der Waals surface area contributed by atoms with Gasteiger partial charge >= 0.3 is 5.97 Å². The summed E-state index contributed by atoms with van der Waals surface area (Å²) >= 11 is 0. The van der Waals surface area contributed by atoms with Gasteiger partial charge in [0.2, 0.25) is 5.91 Å². The van der Waals surface area contributed by atoms with Gasteiger partial charge in [-0.2, -0.15) is 0 Å². The Kier molecular flexibility index (Phi) is 5.93. The van der Waals surface area contributed by atoms with Crippen LogP contribution in [0, 0.1) is 5.92 Å². The molecule has 1 saturated carbocycles. The molecular formula is C24H28N4O3. The molecule has 7 heteroatoms. The molecule has 0 aliphatic heterocycles. The Morgan fingerprint density at radius 3 is 2.65 bits per heavy atom. The predicted molar refractivity (Wildman–Crippen MR) is 121 cm³/mol. The average Bonchev–Trinajstić information content (AvgIpc) is 3.60. The summed E-state index contributed by atoms with van der Waals surface area (Å²) in [5.74, 6) is -0.562. The number of esters is 1. The molecule has 162 valence electrons. The van der Waals surface area contributed by atoms with Crippen LogP contribution in [0.4, 0.5) is 11.4 Å². The number of nitrogens with zero attached hydrogens (tertiary/aromatic N) is 2. The monoisotopic (exact) mass is 420 g/mol. The van der Waals surface area contributed by atoms with Crippen molar-refractivity contribution in [1.82, 2.24) is 9.55 Å². The van der Waals surface area contributed by atoms with Gasteiger partial charge in [-0.25, -0.2) is 9.78 Å². The van der Waals surface area contributed by atoms with E-state index >= 15 is 0 Å². The molecule has 31 heavy (non-hydrogen) atoms. The van der Waals surface area contributed by atoms with E-state index in [0.29, 0.717) is 23.6 Å². The van der Waals surface area contributed by atoms with Crippen LogP contribution < -0.4 is 10.6 Å². The van der Waals surface area contributed by atoms with Gasteiger partial charge in [-0.15, -0.1) is 0 Å². The van der Waals surface area contributed by atoms with Crippen LogP contribution in [0.5, 0.6) is 0 Å². The van der Waals surface area contributed by atoms with Crippen LogP contribution in [0.25, 0.3) is 11.0 Å². The molecule has 1 amide bonds. The summed E-state index contributed by atoms with van der Waals surface area (Å²) in [4.78, 5) is 30.2. The first kappa shape index (κ1) is 20.9. The molecule has 2 N–H and O–H groups in total. The third kappa shape index (κ3) is 4.40. The summed E-state index contributed by atoms with van der Waals surface area (Å²) in [6, 6.07) is 12.1. The summed E-state index contributed by atoms with van der Waals surface area (Å²) in [6.45, 7) is 4.64. The van der Waals surface area contributed by atoms with Crippen molar-refractivity contribution in [2.75, 3.05) is 17.7 Å². The molecule has 7 nitrogen and oxygen atoms in total. The molecular weight excluding hydrogens is 392 g/mol. The largest absolute Gasteiger partial charge is 0.464 e. The average molecular weight is 421 g/mol. The fourth-order valence-electron chi connectivity index (χ4n) is 3.62. The highest BCUT2D eigenvalue weighted by molar-refractivity contribution is 6.11. The van der Waals surface area contributed by atoms with Crippen LogP contribution in [0.15, 0.2) is 42.6 Å². The molecule has 1 atom stereocenters. The number of amides is 1. The second-order valence-corrected chi connectivity index (χ2v) is 8.10. The summed E-state index contributed by atoms with van der Waals surface area (Å²) in [6.07, 6.45) is 4.48. The third-order valence-corrected chi connectivity index (χ3v) is 5.68. The van der Waals surface area contributed by atoms with Gasteiger partial charge in [0.05, 0.1) is 24.7 Å². The van der Waals surface area contributed by atoms with E-state index < -0.39 is 5.97 Å². The lowest BCUT2D eigenvalue weighted by atomic mass is 10.2. The van der Waals surface area contributed by atoms with Crippen molar-refractivity contribution < 1.29 is 14.3 Å². The molecule has 1 aliphatic rings. The number of pyridine rings is 1. The van der Waals surface area contributed by atoms with Gasteiger partial charge < -0.3 is 19.9 Å². The maximum absolute atomic E-state index is 12.9. The second-order valence-electron chi connectivity index (χ2n) is 8.10. The minimum Gasteiger partial charge on any atom is -0.464 e. The number of hydrogen-bond donors (Lipinski definition) is 2. The second kappa shape index (κ2) is 8.79. The quantitative estimate of drug-likeness (QED) is 0.527. The normalized spacial score (nSPS) is 14.3. The van der Waals surface area contributed by atoms with Gasteiger partial charge in [0.1, 0.15) is 5.65 Å². The molecule has 0 spiro atoms. The van der Waals surface area contributed by atoms with Crippen LogP contribution >= 0.6 is 0 Å². The SMILES string of the molecule is CC[C@@H](C)Nc1cnc2c(c1)c(NC(=O)C1CC1)c(C(=O)OC)n2Cc1ccccc1. The number of hydrogen-bond acceptors (Lipinski definition) is 5. The lowest BCUT2D eigenvalue weighted by Crippen LogP contribution is -2.18. The fourth-order valence-corrected chi connectivity index (χ4v) is 3.62. The van der Waals surface area contributed by atoms with Crippen molar-refractivity contribution in [3.8, 4) is 0 Å². The van der Waals surface area contributed by atoms with Gasteiger partial charge in [0, 0.05) is 23.9 Å². The first-order valence-corrected chi connectivity index (χ1v) is 10.7. The van der Waals surface area contributed by atoms with Gasteiger partial charge in [0.25, 0.3) is 0 Å². The molecule has 2 aromatic heterocycles. The van der Waals surface area contributed by atoms with E-state index in [1.165, 1.54) is 7.11 Å². The molecule has 1 aliphatic carbocycles. The number of ether oxygens (including phenoxy) is 1. The molecule has 0 unspecified atom stereocenters. The molecule has 1 aromatic carbocycles. The molecule has 3 aromatic rings. The van der Waals surface area contributed by atoms with E-state index in [9.17, 15) is 9.59 Å². The minimum atomic E-state index is -0.503. The fraction of sp³-hybridized carbons (Fsp3) is 0.375. The Labute approximate surface area is 181 Å². The van der Waals surface area contributed by atoms with Gasteiger partial charge in [-0.3, -0.25) is 4.79 Å². The molecule has 2 heterocycles. The van der Waals surface area contributed by atoms with Crippen LogP contribution in [-0.4, -0.2) is 34.6 Å². The number of methoxy groups -OCH3 is 1. The number of rotatable bonds is 8. The van der Waals surface area contributed by atoms with Crippen LogP contribution in [0.2, 0.25) is 0 Å². The zero-order chi connectivity index (χ0) is 22.0. The van der Waals surface area contributed by atoms with Crippen LogP contribution in [-0.2, 0) is 16.1 Å². The van der Waals surface area contributed by atoms with Crippen molar-refractivity contribution in [2.24, 2.45) is 5.92 Å². The predicted octanol–water partition coefficient (Wildman–Crippen LogP) is 4.43. The number of aromatic nitrogens is 2. The molecule has 0 saturated heterocycles. The van der Waals surface area contributed by atoms with E-state index in [0.717, 1.165) is 35.9 Å². The first-order chi connectivity index (χ1) is 15.0.